The molecule has 0 saturated heterocycles. The minimum atomic E-state index is -1.03. The van der Waals surface area contributed by atoms with E-state index in [9.17, 15) is 4.39 Å². The molecule has 0 aliphatic heterocycles. The van der Waals surface area contributed by atoms with Crippen molar-refractivity contribution in [3.05, 3.63) is 36.1 Å². The van der Waals surface area contributed by atoms with E-state index in [0.717, 1.165) is 12.8 Å². The molecule has 1 atom stereocenters. The van der Waals surface area contributed by atoms with Crippen LogP contribution in [0, 0.1) is 0 Å². The third-order valence-electron chi connectivity index (χ3n) is 3.02. The molecular weight excluding hydrogens is 191 g/mol. The van der Waals surface area contributed by atoms with E-state index in [1.807, 2.05) is 12.2 Å². The van der Waals surface area contributed by atoms with Gasteiger partial charge in [0.1, 0.15) is 17.5 Å². The molecule has 1 unspecified atom stereocenters. The summed E-state index contributed by atoms with van der Waals surface area (Å²) >= 11 is 0. The zero-order valence-corrected chi connectivity index (χ0v) is 9.08. The predicted octanol–water partition coefficient (Wildman–Crippen LogP) is 3.68. The van der Waals surface area contributed by atoms with Crippen LogP contribution in [-0.2, 0) is 4.74 Å². The molecule has 0 amide bonds. The summed E-state index contributed by atoms with van der Waals surface area (Å²) in [6.07, 6.45) is 12.0. The van der Waals surface area contributed by atoms with Crippen molar-refractivity contribution in [2.24, 2.45) is 0 Å². The number of halogens is 1. The van der Waals surface area contributed by atoms with Crippen LogP contribution in [0.5, 0.6) is 0 Å². The van der Waals surface area contributed by atoms with Gasteiger partial charge < -0.3 is 4.74 Å². The van der Waals surface area contributed by atoms with Crippen LogP contribution in [0.3, 0.4) is 0 Å². The Hall–Kier alpha value is -1.05. The first-order chi connectivity index (χ1) is 7.18. The van der Waals surface area contributed by atoms with Gasteiger partial charge in [-0.15, -0.1) is 0 Å². The Morgan fingerprint density at radius 1 is 1.33 bits per heavy atom. The normalized spacial score (nSPS) is 28.7. The third kappa shape index (κ3) is 2.71. The van der Waals surface area contributed by atoms with E-state index in [1.165, 1.54) is 25.0 Å². The fourth-order valence-corrected chi connectivity index (χ4v) is 2.17. The van der Waals surface area contributed by atoms with Crippen LogP contribution in [0.1, 0.15) is 32.6 Å². The monoisotopic (exact) mass is 208 g/mol. The average molecular weight is 208 g/mol. The molecule has 0 radical (unpaired) electrons. The van der Waals surface area contributed by atoms with E-state index in [4.69, 9.17) is 4.74 Å². The summed E-state index contributed by atoms with van der Waals surface area (Å²) in [6.45, 7) is 2.11. The van der Waals surface area contributed by atoms with Crippen molar-refractivity contribution in [3.63, 3.8) is 0 Å². The highest BCUT2D eigenvalue weighted by Crippen LogP contribution is 2.34. The molecule has 0 aromatic heterocycles. The minimum absolute atomic E-state index is 0.0831. The Kier molecular flexibility index (Phi) is 2.94. The van der Waals surface area contributed by atoms with Gasteiger partial charge in [-0.2, -0.15) is 0 Å². The molecule has 1 fully saturated rings. The topological polar surface area (TPSA) is 9.23 Å². The molecule has 2 heteroatoms. The Morgan fingerprint density at radius 3 is 2.80 bits per heavy atom. The largest absolute Gasteiger partial charge is 0.488 e. The lowest BCUT2D eigenvalue weighted by Crippen LogP contribution is -2.23. The molecular formula is C13H17FO. The molecule has 82 valence electrons. The molecule has 1 nitrogen and oxygen atoms in total. The molecule has 1 saturated carbocycles. The standard InChI is InChI=1S/C13H17FO/c1-13(8-4-5-9-13)15-12-7-3-2-6-11(14)10-12/h2-3,6-7,10-11H,4-5,8-9H2,1H3. The van der Waals surface area contributed by atoms with E-state index >= 15 is 0 Å². The summed E-state index contributed by atoms with van der Waals surface area (Å²) in [5.74, 6) is 0.664. The van der Waals surface area contributed by atoms with Crippen molar-refractivity contribution < 1.29 is 9.13 Å². The fourth-order valence-electron chi connectivity index (χ4n) is 2.17. The predicted molar refractivity (Wildman–Crippen MR) is 59.2 cm³/mol. The Balaban J connectivity index is 2.05. The minimum Gasteiger partial charge on any atom is -0.488 e. The van der Waals surface area contributed by atoms with Crippen molar-refractivity contribution >= 4 is 0 Å². The lowest BCUT2D eigenvalue weighted by atomic mass is 10.1. The van der Waals surface area contributed by atoms with Gasteiger partial charge in [-0.3, -0.25) is 0 Å². The SMILES string of the molecule is CC1(OC2=CC(F)C=CC=C2)CCCC1. The van der Waals surface area contributed by atoms with Gasteiger partial charge in [0.05, 0.1) is 0 Å². The Bertz CT molecular complexity index is 308. The van der Waals surface area contributed by atoms with Gasteiger partial charge in [-0.1, -0.05) is 12.2 Å². The summed E-state index contributed by atoms with van der Waals surface area (Å²) in [5, 5.41) is 0. The Labute approximate surface area is 90.3 Å². The van der Waals surface area contributed by atoms with Gasteiger partial charge in [-0.05, 0) is 50.8 Å². The van der Waals surface area contributed by atoms with Crippen molar-refractivity contribution in [2.75, 3.05) is 0 Å². The zero-order valence-electron chi connectivity index (χ0n) is 9.08. The number of rotatable bonds is 2. The lowest BCUT2D eigenvalue weighted by molar-refractivity contribution is 0.0304. The van der Waals surface area contributed by atoms with Crippen LogP contribution in [0.4, 0.5) is 4.39 Å². The van der Waals surface area contributed by atoms with E-state index in [0.29, 0.717) is 5.76 Å². The first kappa shape index (κ1) is 10.5. The number of allylic oxidation sites excluding steroid dienone is 5. The number of ether oxygens (including phenoxy) is 1. The van der Waals surface area contributed by atoms with Crippen LogP contribution in [0.25, 0.3) is 0 Å². The summed E-state index contributed by atoms with van der Waals surface area (Å²) in [7, 11) is 0. The second kappa shape index (κ2) is 4.21. The van der Waals surface area contributed by atoms with E-state index in [1.54, 1.807) is 6.08 Å². The van der Waals surface area contributed by atoms with Crippen LogP contribution in [0.2, 0.25) is 0 Å². The van der Waals surface area contributed by atoms with E-state index < -0.39 is 6.17 Å². The molecule has 0 N–H and O–H groups in total. The maximum absolute atomic E-state index is 13.2. The first-order valence-corrected chi connectivity index (χ1v) is 5.58. The van der Waals surface area contributed by atoms with Gasteiger partial charge in [0.15, 0.2) is 0 Å². The summed E-state index contributed by atoms with van der Waals surface area (Å²) in [6, 6.07) is 0. The number of alkyl halides is 1. The van der Waals surface area contributed by atoms with Gasteiger partial charge in [0, 0.05) is 0 Å². The zero-order chi connectivity index (χ0) is 10.7. The van der Waals surface area contributed by atoms with Crippen molar-refractivity contribution in [3.8, 4) is 0 Å². The molecule has 2 aliphatic rings. The highest BCUT2D eigenvalue weighted by Gasteiger charge is 2.31. The van der Waals surface area contributed by atoms with Crippen LogP contribution in [-0.4, -0.2) is 11.8 Å². The first-order valence-electron chi connectivity index (χ1n) is 5.58. The van der Waals surface area contributed by atoms with Crippen molar-refractivity contribution in [1.82, 2.24) is 0 Å². The molecule has 0 bridgehead atoms. The van der Waals surface area contributed by atoms with Crippen LogP contribution in [0.15, 0.2) is 36.1 Å². The van der Waals surface area contributed by atoms with Crippen LogP contribution >= 0.6 is 0 Å². The smallest absolute Gasteiger partial charge is 0.141 e. The highest BCUT2D eigenvalue weighted by atomic mass is 19.1. The van der Waals surface area contributed by atoms with Crippen molar-refractivity contribution in [1.29, 1.82) is 0 Å². The third-order valence-corrected chi connectivity index (χ3v) is 3.02. The van der Waals surface area contributed by atoms with E-state index in [2.05, 4.69) is 6.92 Å². The van der Waals surface area contributed by atoms with Gasteiger partial charge in [-0.25, -0.2) is 4.39 Å². The fraction of sp³-hybridized carbons (Fsp3) is 0.538. The average Bonchev–Trinajstić information content (AvgIpc) is 2.49. The Morgan fingerprint density at radius 2 is 2.07 bits per heavy atom. The second-order valence-corrected chi connectivity index (χ2v) is 4.52. The second-order valence-electron chi connectivity index (χ2n) is 4.52. The molecule has 0 aromatic rings. The quantitative estimate of drug-likeness (QED) is 0.672. The summed E-state index contributed by atoms with van der Waals surface area (Å²) in [4.78, 5) is 0. The van der Waals surface area contributed by atoms with Crippen LogP contribution < -0.4 is 0 Å². The lowest BCUT2D eigenvalue weighted by Gasteiger charge is -2.26. The maximum Gasteiger partial charge on any atom is 0.141 e. The number of hydrogen-bond acceptors (Lipinski definition) is 1. The van der Waals surface area contributed by atoms with E-state index in [-0.39, 0.29) is 5.60 Å². The van der Waals surface area contributed by atoms with Gasteiger partial charge >= 0.3 is 0 Å². The molecule has 0 heterocycles. The molecule has 0 spiro atoms. The highest BCUT2D eigenvalue weighted by molar-refractivity contribution is 5.25. The molecule has 15 heavy (non-hydrogen) atoms. The molecule has 2 aliphatic carbocycles. The van der Waals surface area contributed by atoms with Gasteiger partial charge in [0.25, 0.3) is 0 Å². The summed E-state index contributed by atoms with van der Waals surface area (Å²) in [5.41, 5.74) is -0.0831. The molecule has 0 aromatic carbocycles. The van der Waals surface area contributed by atoms with Crippen molar-refractivity contribution in [2.45, 2.75) is 44.4 Å². The van der Waals surface area contributed by atoms with Gasteiger partial charge in [0.2, 0.25) is 0 Å². The summed E-state index contributed by atoms with van der Waals surface area (Å²) < 4.78 is 19.1. The molecule has 2 rings (SSSR count). The maximum atomic E-state index is 13.2. The number of hydrogen-bond donors (Lipinski definition) is 0.